The number of benzene rings is 10. The molecule has 318 valence electrons. The first-order valence-corrected chi connectivity index (χ1v) is 24.0. The molecule has 2 aromatic heterocycles. The van der Waals surface area contributed by atoms with Gasteiger partial charge in [-0.15, -0.1) is 0 Å². The second-order valence-corrected chi connectivity index (χ2v) is 21.2. The lowest BCUT2D eigenvalue weighted by Gasteiger charge is -2.25. The molecule has 2 nitrogen and oxygen atoms in total. The maximum absolute atomic E-state index is 2.60. The van der Waals surface area contributed by atoms with Crippen LogP contribution >= 0.6 is 0 Å². The van der Waals surface area contributed by atoms with Crippen molar-refractivity contribution in [2.75, 3.05) is 0 Å². The molecule has 0 radical (unpaired) electrons. The Labute approximate surface area is 390 Å². The number of para-hydroxylation sites is 4. The van der Waals surface area contributed by atoms with E-state index in [-0.39, 0.29) is 16.2 Å². The van der Waals surface area contributed by atoms with Gasteiger partial charge in [0.15, 0.2) is 0 Å². The third kappa shape index (κ3) is 4.52. The van der Waals surface area contributed by atoms with E-state index in [0.29, 0.717) is 0 Å². The van der Waals surface area contributed by atoms with Gasteiger partial charge in [-0.05, 0) is 138 Å². The zero-order chi connectivity index (χ0) is 44.9. The first-order valence-electron chi connectivity index (χ1n) is 24.0. The quantitative estimate of drug-likeness (QED) is 0.164. The van der Waals surface area contributed by atoms with Crippen LogP contribution in [0.1, 0.15) is 74.9 Å². The van der Waals surface area contributed by atoms with E-state index in [9.17, 15) is 0 Å². The highest BCUT2D eigenvalue weighted by Gasteiger charge is 2.46. The summed E-state index contributed by atoms with van der Waals surface area (Å²) in [5.41, 5.74) is 23.6. The van der Waals surface area contributed by atoms with Crippen LogP contribution in [0, 0.1) is 0 Å². The molecule has 0 spiro atoms. The first kappa shape index (κ1) is 37.5. The van der Waals surface area contributed by atoms with Gasteiger partial charge >= 0.3 is 0 Å². The van der Waals surface area contributed by atoms with Crippen molar-refractivity contribution in [3.63, 3.8) is 0 Å². The van der Waals surface area contributed by atoms with E-state index in [2.05, 4.69) is 233 Å². The maximum atomic E-state index is 2.60. The number of hydrogen-bond donors (Lipinski definition) is 0. The SMILES string of the molecule is CC1(C)c2cc3c(cc2-c2cc4c(cc21)-c1c(cc(-n2c5ccccc5c5ccccc52)c2ccccc12)C4(C)C)C(C)(C)c1cc(-n2c4ccccc4c4ccccc42)c2ccccc2c1-3. The van der Waals surface area contributed by atoms with Crippen molar-refractivity contribution in [3.05, 3.63) is 215 Å². The minimum atomic E-state index is -0.224. The van der Waals surface area contributed by atoms with Crippen molar-refractivity contribution < 1.29 is 0 Å². The van der Waals surface area contributed by atoms with Crippen LogP contribution in [0.4, 0.5) is 0 Å². The molecule has 0 bridgehead atoms. The average molecular weight is 857 g/mol. The molecule has 12 aromatic rings. The Morgan fingerprint density at radius 3 is 0.851 bits per heavy atom. The van der Waals surface area contributed by atoms with Gasteiger partial charge in [0, 0.05) is 48.6 Å². The lowest BCUT2D eigenvalue weighted by atomic mass is 9.78. The molecule has 2 heterocycles. The highest BCUT2D eigenvalue weighted by atomic mass is 15.0. The molecule has 0 unspecified atom stereocenters. The summed E-state index contributed by atoms with van der Waals surface area (Å²) >= 11 is 0. The van der Waals surface area contributed by atoms with Crippen LogP contribution in [0.5, 0.6) is 0 Å². The van der Waals surface area contributed by atoms with Crippen LogP contribution in [0.25, 0.3) is 110 Å². The summed E-state index contributed by atoms with van der Waals surface area (Å²) in [4.78, 5) is 0. The summed E-state index contributed by atoms with van der Waals surface area (Å²) in [5.74, 6) is 0. The Kier molecular flexibility index (Phi) is 6.94. The average Bonchev–Trinajstić information content (AvgIpc) is 4.06. The van der Waals surface area contributed by atoms with Crippen molar-refractivity contribution in [1.82, 2.24) is 9.13 Å². The summed E-state index contributed by atoms with van der Waals surface area (Å²) in [7, 11) is 0. The molecular weight excluding hydrogens is 809 g/mol. The van der Waals surface area contributed by atoms with Crippen LogP contribution in [0.15, 0.2) is 182 Å². The highest BCUT2D eigenvalue weighted by molar-refractivity contribution is 6.15. The molecule has 0 atom stereocenters. The van der Waals surface area contributed by atoms with Crippen LogP contribution in [0.3, 0.4) is 0 Å². The minimum absolute atomic E-state index is 0.202. The van der Waals surface area contributed by atoms with Crippen molar-refractivity contribution in [3.8, 4) is 44.8 Å². The van der Waals surface area contributed by atoms with Crippen molar-refractivity contribution in [2.24, 2.45) is 0 Å². The van der Waals surface area contributed by atoms with E-state index in [1.165, 1.54) is 143 Å². The fraction of sp³-hybridized carbons (Fsp3) is 0.138. The molecule has 67 heavy (non-hydrogen) atoms. The Morgan fingerprint density at radius 2 is 0.507 bits per heavy atom. The number of nitrogens with zero attached hydrogens (tertiary/aromatic N) is 2. The number of rotatable bonds is 2. The predicted molar refractivity (Wildman–Crippen MR) is 283 cm³/mol. The zero-order valence-corrected chi connectivity index (χ0v) is 38.7. The topological polar surface area (TPSA) is 9.86 Å². The molecule has 15 rings (SSSR count). The lowest BCUT2D eigenvalue weighted by Crippen LogP contribution is -2.17. The van der Waals surface area contributed by atoms with Crippen LogP contribution in [-0.4, -0.2) is 9.13 Å². The Hall–Kier alpha value is -7.68. The summed E-state index contributed by atoms with van der Waals surface area (Å²) < 4.78 is 5.03. The third-order valence-electron chi connectivity index (χ3n) is 16.9. The highest BCUT2D eigenvalue weighted by Crippen LogP contribution is 2.61. The molecule has 0 amide bonds. The third-order valence-corrected chi connectivity index (χ3v) is 16.9. The summed E-state index contributed by atoms with van der Waals surface area (Å²) in [6, 6.07) is 69.3. The number of hydrogen-bond acceptors (Lipinski definition) is 0. The van der Waals surface area contributed by atoms with Crippen LogP contribution in [-0.2, 0) is 16.2 Å². The van der Waals surface area contributed by atoms with Gasteiger partial charge < -0.3 is 9.13 Å². The van der Waals surface area contributed by atoms with Gasteiger partial charge in [-0.2, -0.15) is 0 Å². The fourth-order valence-corrected chi connectivity index (χ4v) is 13.6. The van der Waals surface area contributed by atoms with Gasteiger partial charge in [-0.1, -0.05) is 163 Å². The summed E-state index contributed by atoms with van der Waals surface area (Å²) in [6.45, 7) is 14.8. The summed E-state index contributed by atoms with van der Waals surface area (Å²) in [5, 5.41) is 10.4. The fourth-order valence-electron chi connectivity index (χ4n) is 13.6. The molecule has 0 aliphatic heterocycles. The Balaban J connectivity index is 0.934. The van der Waals surface area contributed by atoms with E-state index in [1.807, 2.05) is 0 Å². The number of fused-ring (bicyclic) bond motifs is 19. The monoisotopic (exact) mass is 856 g/mol. The standard InChI is InChI=1S/C65H48N2/c1-63(2)49-33-47-51(64(3,4)53-35-59(41-23-7-9-25-43(41)61(47)53)66-55-27-15-11-19-37(55)38-20-12-16-28-56(38)66)31-45(49)46-32-52-48(34-50(46)63)62-44-26-10-8-24-42(44)60(36-54(62)65(52,5)6)67-57-29-17-13-21-39(57)40-22-14-18-30-58(40)67/h7-36H,1-6H3. The molecule has 0 fully saturated rings. The van der Waals surface area contributed by atoms with Crippen molar-refractivity contribution in [1.29, 1.82) is 0 Å². The first-order chi connectivity index (χ1) is 32.5. The zero-order valence-electron chi connectivity index (χ0n) is 38.7. The Morgan fingerprint density at radius 1 is 0.254 bits per heavy atom. The maximum Gasteiger partial charge on any atom is 0.0544 e. The minimum Gasteiger partial charge on any atom is -0.309 e. The van der Waals surface area contributed by atoms with Crippen LogP contribution in [0.2, 0.25) is 0 Å². The molecule has 2 heteroatoms. The lowest BCUT2D eigenvalue weighted by molar-refractivity contribution is 0.649. The summed E-state index contributed by atoms with van der Waals surface area (Å²) in [6.07, 6.45) is 0. The van der Waals surface area contributed by atoms with Crippen LogP contribution < -0.4 is 0 Å². The Bertz CT molecular complexity index is 3860. The van der Waals surface area contributed by atoms with Gasteiger partial charge in [0.1, 0.15) is 0 Å². The second-order valence-electron chi connectivity index (χ2n) is 21.2. The largest absolute Gasteiger partial charge is 0.309 e. The van der Waals surface area contributed by atoms with Crippen molar-refractivity contribution in [2.45, 2.75) is 57.8 Å². The van der Waals surface area contributed by atoms with E-state index in [0.717, 1.165) is 0 Å². The molecular formula is C65H48N2. The van der Waals surface area contributed by atoms with E-state index in [1.54, 1.807) is 0 Å². The molecule has 3 aliphatic carbocycles. The molecule has 0 N–H and O–H groups in total. The van der Waals surface area contributed by atoms with Gasteiger partial charge in [0.25, 0.3) is 0 Å². The van der Waals surface area contributed by atoms with Crippen molar-refractivity contribution >= 4 is 65.2 Å². The second kappa shape index (κ2) is 12.4. The van der Waals surface area contributed by atoms with Gasteiger partial charge in [-0.3, -0.25) is 0 Å². The molecule has 10 aromatic carbocycles. The number of aromatic nitrogens is 2. The normalized spacial score (nSPS) is 15.7. The molecule has 0 saturated heterocycles. The molecule has 3 aliphatic rings. The predicted octanol–water partition coefficient (Wildman–Crippen LogP) is 17.1. The van der Waals surface area contributed by atoms with Gasteiger partial charge in [0.05, 0.1) is 33.4 Å². The van der Waals surface area contributed by atoms with Gasteiger partial charge in [-0.25, -0.2) is 0 Å². The smallest absolute Gasteiger partial charge is 0.0544 e. The molecule has 0 saturated carbocycles. The van der Waals surface area contributed by atoms with E-state index >= 15 is 0 Å². The van der Waals surface area contributed by atoms with E-state index < -0.39 is 0 Å². The van der Waals surface area contributed by atoms with Gasteiger partial charge in [0.2, 0.25) is 0 Å². The van der Waals surface area contributed by atoms with E-state index in [4.69, 9.17) is 0 Å².